The Kier molecular flexibility index (Phi) is 4.19. The second kappa shape index (κ2) is 5.74. The van der Waals surface area contributed by atoms with E-state index < -0.39 is 32.4 Å². The van der Waals surface area contributed by atoms with Crippen molar-refractivity contribution in [3.63, 3.8) is 0 Å². The Morgan fingerprint density at radius 1 is 1.24 bits per heavy atom. The first kappa shape index (κ1) is 15.3. The maximum Gasteiger partial charge on any atom is 0.246 e. The fourth-order valence-corrected chi connectivity index (χ4v) is 2.79. The molecule has 0 amide bonds. The van der Waals surface area contributed by atoms with Crippen LogP contribution in [0, 0.1) is 17.5 Å². The lowest BCUT2D eigenvalue weighted by Crippen LogP contribution is -2.29. The number of hydrogen-bond acceptors (Lipinski definition) is 4. The van der Waals surface area contributed by atoms with Crippen LogP contribution in [0.4, 0.5) is 18.9 Å². The van der Waals surface area contributed by atoms with E-state index in [1.54, 1.807) is 0 Å². The number of halogens is 3. The summed E-state index contributed by atoms with van der Waals surface area (Å²) in [6, 6.07) is 0.595. The molecule has 6 nitrogen and oxygen atoms in total. The van der Waals surface area contributed by atoms with Gasteiger partial charge in [0, 0.05) is 24.9 Å². The number of rotatable bonds is 5. The molecule has 21 heavy (non-hydrogen) atoms. The van der Waals surface area contributed by atoms with Crippen LogP contribution in [0.3, 0.4) is 0 Å². The van der Waals surface area contributed by atoms with E-state index in [0.717, 1.165) is 0 Å². The molecule has 2 aromatic rings. The largest absolute Gasteiger partial charge is 0.396 e. The summed E-state index contributed by atoms with van der Waals surface area (Å²) in [6.45, 7) is -0.0550. The highest BCUT2D eigenvalue weighted by Crippen LogP contribution is 2.19. The maximum absolute atomic E-state index is 13.4. The zero-order valence-electron chi connectivity index (χ0n) is 10.6. The smallest absolute Gasteiger partial charge is 0.246 e. The summed E-state index contributed by atoms with van der Waals surface area (Å²) >= 11 is 0. The highest BCUT2D eigenvalue weighted by molar-refractivity contribution is 7.89. The minimum absolute atomic E-state index is 0.112. The number of nitrogens with zero attached hydrogens (tertiary/aromatic N) is 2. The molecule has 0 saturated carbocycles. The van der Waals surface area contributed by atoms with Gasteiger partial charge in [0.1, 0.15) is 17.5 Å². The van der Waals surface area contributed by atoms with Gasteiger partial charge < -0.3 is 5.73 Å². The van der Waals surface area contributed by atoms with Gasteiger partial charge in [-0.1, -0.05) is 0 Å². The molecule has 2 rings (SSSR count). The Hall–Kier alpha value is -2.07. The lowest BCUT2D eigenvalue weighted by molar-refractivity contribution is 0.492. The molecule has 114 valence electrons. The van der Waals surface area contributed by atoms with Gasteiger partial charge in [0.25, 0.3) is 0 Å². The second-order valence-corrected chi connectivity index (χ2v) is 5.84. The zero-order valence-corrected chi connectivity index (χ0v) is 11.4. The highest BCUT2D eigenvalue weighted by atomic mass is 32.2. The van der Waals surface area contributed by atoms with E-state index >= 15 is 0 Å². The summed E-state index contributed by atoms with van der Waals surface area (Å²) in [5.41, 5.74) is 5.82. The fraction of sp³-hybridized carbons (Fsp3) is 0.182. The molecule has 0 fully saturated rings. The van der Waals surface area contributed by atoms with Crippen molar-refractivity contribution in [3.05, 3.63) is 42.0 Å². The van der Waals surface area contributed by atoms with Gasteiger partial charge >= 0.3 is 0 Å². The quantitative estimate of drug-likeness (QED) is 0.855. The van der Waals surface area contributed by atoms with Gasteiger partial charge in [0.2, 0.25) is 10.0 Å². The number of sulfonamides is 1. The Morgan fingerprint density at radius 3 is 2.38 bits per heavy atom. The molecule has 0 aliphatic carbocycles. The van der Waals surface area contributed by atoms with Gasteiger partial charge in [-0.05, 0) is 0 Å². The van der Waals surface area contributed by atoms with Crippen LogP contribution in [0.1, 0.15) is 0 Å². The number of nitrogen functional groups attached to an aromatic ring is 1. The maximum atomic E-state index is 13.4. The Morgan fingerprint density at radius 2 is 1.86 bits per heavy atom. The first-order valence-electron chi connectivity index (χ1n) is 5.72. The van der Waals surface area contributed by atoms with Crippen LogP contribution in [-0.2, 0) is 16.6 Å². The molecule has 1 aromatic heterocycles. The van der Waals surface area contributed by atoms with Gasteiger partial charge in [0.05, 0.1) is 18.4 Å². The predicted molar refractivity (Wildman–Crippen MR) is 68.1 cm³/mol. The standard InChI is InChI=1S/C11H11F3N4O2S/c12-7-3-9(13)11(10(14)4-7)21(19,20)17-1-2-18-6-8(15)5-16-18/h3-6,17H,1-2,15H2. The first-order valence-corrected chi connectivity index (χ1v) is 7.20. The van der Waals surface area contributed by atoms with Crippen molar-refractivity contribution in [1.82, 2.24) is 14.5 Å². The van der Waals surface area contributed by atoms with Gasteiger partial charge in [-0.2, -0.15) is 5.10 Å². The van der Waals surface area contributed by atoms with E-state index in [2.05, 4.69) is 5.10 Å². The van der Waals surface area contributed by atoms with Gasteiger partial charge in [-0.25, -0.2) is 26.3 Å². The minimum atomic E-state index is -4.44. The van der Waals surface area contributed by atoms with Crippen LogP contribution >= 0.6 is 0 Å². The van der Waals surface area contributed by atoms with Crippen LogP contribution in [0.25, 0.3) is 0 Å². The normalized spacial score (nSPS) is 11.8. The molecule has 0 atom stereocenters. The molecule has 0 unspecified atom stereocenters. The number of nitrogens with one attached hydrogen (secondary N) is 1. The van der Waals surface area contributed by atoms with Crippen LogP contribution in [0.15, 0.2) is 29.4 Å². The molecule has 1 aromatic carbocycles. The summed E-state index contributed by atoms with van der Waals surface area (Å²) in [5, 5.41) is 3.81. The van der Waals surface area contributed by atoms with E-state index in [-0.39, 0.29) is 13.1 Å². The van der Waals surface area contributed by atoms with Gasteiger partial charge in [-0.15, -0.1) is 0 Å². The molecule has 3 N–H and O–H groups in total. The molecule has 1 heterocycles. The lowest BCUT2D eigenvalue weighted by atomic mass is 10.3. The van der Waals surface area contributed by atoms with E-state index in [0.29, 0.717) is 17.8 Å². The zero-order chi connectivity index (χ0) is 15.6. The summed E-state index contributed by atoms with van der Waals surface area (Å²) in [4.78, 5) is -1.22. The molecular weight excluding hydrogens is 309 g/mol. The number of aromatic nitrogens is 2. The van der Waals surface area contributed by atoms with Crippen LogP contribution in [0.2, 0.25) is 0 Å². The summed E-state index contributed by atoms with van der Waals surface area (Å²) in [6.07, 6.45) is 2.83. The third kappa shape index (κ3) is 3.52. The molecule has 10 heteroatoms. The number of hydrogen-bond donors (Lipinski definition) is 2. The average molecular weight is 320 g/mol. The van der Waals surface area contributed by atoms with Crippen molar-refractivity contribution in [2.75, 3.05) is 12.3 Å². The van der Waals surface area contributed by atoms with Crippen molar-refractivity contribution in [1.29, 1.82) is 0 Å². The predicted octanol–water partition coefficient (Wildman–Crippen LogP) is 0.861. The average Bonchev–Trinajstić information content (AvgIpc) is 2.72. The van der Waals surface area contributed by atoms with Crippen molar-refractivity contribution in [2.45, 2.75) is 11.4 Å². The highest BCUT2D eigenvalue weighted by Gasteiger charge is 2.24. The summed E-state index contributed by atoms with van der Waals surface area (Å²) < 4.78 is 66.6. The summed E-state index contributed by atoms with van der Waals surface area (Å²) in [7, 11) is -4.44. The monoisotopic (exact) mass is 320 g/mol. The Bertz CT molecular complexity index is 738. The topological polar surface area (TPSA) is 90.0 Å². The molecule has 0 bridgehead atoms. The van der Waals surface area contributed by atoms with Crippen molar-refractivity contribution < 1.29 is 21.6 Å². The molecule has 0 saturated heterocycles. The number of anilines is 1. The second-order valence-electron chi connectivity index (χ2n) is 4.13. The minimum Gasteiger partial charge on any atom is -0.396 e. The van der Waals surface area contributed by atoms with E-state index in [1.807, 2.05) is 4.72 Å². The SMILES string of the molecule is Nc1cnn(CCNS(=O)(=O)c2c(F)cc(F)cc2F)c1. The van der Waals surface area contributed by atoms with Crippen molar-refractivity contribution >= 4 is 15.7 Å². The van der Waals surface area contributed by atoms with Crippen LogP contribution in [0.5, 0.6) is 0 Å². The Labute approximate surface area is 118 Å². The molecule has 0 aliphatic rings. The molecular formula is C11H11F3N4O2S. The first-order chi connectivity index (χ1) is 9.79. The van der Waals surface area contributed by atoms with E-state index in [9.17, 15) is 21.6 Å². The third-order valence-electron chi connectivity index (χ3n) is 2.52. The van der Waals surface area contributed by atoms with Gasteiger partial charge in [-0.3, -0.25) is 4.68 Å². The Balaban J connectivity index is 2.12. The third-order valence-corrected chi connectivity index (χ3v) is 4.03. The molecule has 0 spiro atoms. The van der Waals surface area contributed by atoms with Gasteiger partial charge in [0.15, 0.2) is 4.90 Å². The molecule has 0 aliphatic heterocycles. The number of benzene rings is 1. The fourth-order valence-electron chi connectivity index (χ4n) is 1.65. The number of nitrogens with two attached hydrogens (primary N) is 1. The van der Waals surface area contributed by atoms with Crippen LogP contribution in [-0.4, -0.2) is 24.7 Å². The van der Waals surface area contributed by atoms with Crippen LogP contribution < -0.4 is 10.5 Å². The van der Waals surface area contributed by atoms with E-state index in [4.69, 9.17) is 5.73 Å². The molecule has 0 radical (unpaired) electrons. The summed E-state index contributed by atoms with van der Waals surface area (Å²) in [5.74, 6) is -4.19. The lowest BCUT2D eigenvalue weighted by Gasteiger charge is -2.09. The van der Waals surface area contributed by atoms with E-state index in [1.165, 1.54) is 17.1 Å². The van der Waals surface area contributed by atoms with Crippen molar-refractivity contribution in [2.24, 2.45) is 0 Å². The van der Waals surface area contributed by atoms with Crippen molar-refractivity contribution in [3.8, 4) is 0 Å².